The number of nitrogens with zero attached hydrogens (tertiary/aromatic N) is 2. The molecule has 0 aliphatic carbocycles. The Labute approximate surface area is 153 Å². The highest BCUT2D eigenvalue weighted by atomic mass is 32.1. The first kappa shape index (κ1) is 14.0. The van der Waals surface area contributed by atoms with Crippen LogP contribution in [0.15, 0.2) is 84.5 Å². The second-order valence-corrected chi connectivity index (χ2v) is 7.51. The van der Waals surface area contributed by atoms with Gasteiger partial charge in [0.2, 0.25) is 0 Å². The minimum atomic E-state index is 1.13. The Morgan fingerprint density at radius 1 is 0.692 bits per heavy atom. The fourth-order valence-electron chi connectivity index (χ4n) is 3.96. The average Bonchev–Trinajstić information content (AvgIpc) is 3.27. The van der Waals surface area contributed by atoms with Gasteiger partial charge in [-0.3, -0.25) is 4.98 Å². The minimum Gasteiger partial charge on any atom is -0.307 e. The molecule has 0 amide bonds. The highest BCUT2D eigenvalue weighted by molar-refractivity contribution is 7.17. The van der Waals surface area contributed by atoms with E-state index in [9.17, 15) is 0 Å². The first-order valence-corrected chi connectivity index (χ1v) is 9.52. The summed E-state index contributed by atoms with van der Waals surface area (Å²) in [5, 5.41) is 8.41. The van der Waals surface area contributed by atoms with Crippen LogP contribution in [0, 0.1) is 0 Å². The molecule has 0 saturated carbocycles. The molecule has 0 bridgehead atoms. The van der Waals surface area contributed by atoms with Crippen molar-refractivity contribution in [1.82, 2.24) is 9.55 Å². The number of fused-ring (bicyclic) bond motifs is 5. The maximum Gasteiger partial charge on any atom is 0.0723 e. The molecule has 0 N–H and O–H groups in total. The van der Waals surface area contributed by atoms with Gasteiger partial charge in [-0.2, -0.15) is 0 Å². The molecular weight excluding hydrogens is 336 g/mol. The van der Waals surface area contributed by atoms with Gasteiger partial charge in [0.05, 0.1) is 22.9 Å². The Balaban J connectivity index is 1.87. The number of hydrogen-bond donors (Lipinski definition) is 0. The Morgan fingerprint density at radius 2 is 1.54 bits per heavy atom. The zero-order valence-corrected chi connectivity index (χ0v) is 14.7. The molecule has 6 rings (SSSR count). The summed E-state index contributed by atoms with van der Waals surface area (Å²) in [6, 6.07) is 23.9. The van der Waals surface area contributed by atoms with E-state index in [4.69, 9.17) is 0 Å². The molecule has 26 heavy (non-hydrogen) atoms. The number of rotatable bonds is 1. The maximum atomic E-state index is 4.52. The number of thiophene rings is 1. The van der Waals surface area contributed by atoms with Crippen molar-refractivity contribution in [3.05, 3.63) is 84.5 Å². The van der Waals surface area contributed by atoms with Gasteiger partial charge in [0.1, 0.15) is 0 Å². The average molecular weight is 350 g/mol. The van der Waals surface area contributed by atoms with Gasteiger partial charge in [0, 0.05) is 32.4 Å². The standard InChI is InChI=1S/C23H14N2S/c1-2-6-17-16(5-1)13-24-14-22(17)25-20-8-4-3-7-18(20)19-12-23-15(9-10-26-23)11-21(19)25/h1-14H. The summed E-state index contributed by atoms with van der Waals surface area (Å²) in [6.45, 7) is 0. The van der Waals surface area contributed by atoms with Gasteiger partial charge in [0.15, 0.2) is 0 Å². The summed E-state index contributed by atoms with van der Waals surface area (Å²) in [4.78, 5) is 4.52. The lowest BCUT2D eigenvalue weighted by Gasteiger charge is -2.10. The molecule has 0 fully saturated rings. The smallest absolute Gasteiger partial charge is 0.0723 e. The summed E-state index contributed by atoms with van der Waals surface area (Å²) < 4.78 is 3.69. The van der Waals surface area contributed by atoms with Crippen molar-refractivity contribution in [1.29, 1.82) is 0 Å². The van der Waals surface area contributed by atoms with E-state index in [-0.39, 0.29) is 0 Å². The third kappa shape index (κ3) is 1.83. The first-order chi connectivity index (χ1) is 12.9. The van der Waals surface area contributed by atoms with Gasteiger partial charge < -0.3 is 4.57 Å². The molecule has 3 aromatic carbocycles. The van der Waals surface area contributed by atoms with Crippen molar-refractivity contribution in [2.24, 2.45) is 0 Å². The Kier molecular flexibility index (Phi) is 2.79. The quantitative estimate of drug-likeness (QED) is 0.329. The summed E-state index contributed by atoms with van der Waals surface area (Å²) in [7, 11) is 0. The minimum absolute atomic E-state index is 1.13. The van der Waals surface area contributed by atoms with Crippen molar-refractivity contribution in [2.45, 2.75) is 0 Å². The van der Waals surface area contributed by atoms with Crippen LogP contribution in [0.4, 0.5) is 0 Å². The molecule has 3 aromatic heterocycles. The van der Waals surface area contributed by atoms with E-state index < -0.39 is 0 Å². The van der Waals surface area contributed by atoms with E-state index in [0.717, 1.165) is 11.1 Å². The lowest BCUT2D eigenvalue weighted by Crippen LogP contribution is -1.96. The summed E-state index contributed by atoms with van der Waals surface area (Å²) in [5.74, 6) is 0. The Bertz CT molecular complexity index is 1430. The molecule has 0 atom stereocenters. The van der Waals surface area contributed by atoms with Crippen LogP contribution in [0.25, 0.3) is 48.4 Å². The maximum absolute atomic E-state index is 4.52. The van der Waals surface area contributed by atoms with E-state index in [2.05, 4.69) is 81.7 Å². The SMILES string of the molecule is c1ccc2c(-n3c4ccccc4c4cc5sccc5cc43)cncc2c1. The van der Waals surface area contributed by atoms with Crippen molar-refractivity contribution in [2.75, 3.05) is 0 Å². The largest absolute Gasteiger partial charge is 0.307 e. The predicted molar refractivity (Wildman–Crippen MR) is 111 cm³/mol. The predicted octanol–water partition coefficient (Wildman–Crippen LogP) is 6.55. The Morgan fingerprint density at radius 3 is 2.50 bits per heavy atom. The Hall–Kier alpha value is -3.17. The van der Waals surface area contributed by atoms with E-state index in [1.807, 2.05) is 12.4 Å². The second kappa shape index (κ2) is 5.16. The van der Waals surface area contributed by atoms with E-state index in [0.29, 0.717) is 0 Å². The van der Waals surface area contributed by atoms with Gasteiger partial charge in [-0.25, -0.2) is 0 Å². The zero-order valence-electron chi connectivity index (χ0n) is 13.9. The summed E-state index contributed by atoms with van der Waals surface area (Å²) in [5.41, 5.74) is 3.58. The first-order valence-electron chi connectivity index (χ1n) is 8.64. The van der Waals surface area contributed by atoms with Crippen molar-refractivity contribution >= 4 is 54.0 Å². The number of benzene rings is 3. The molecule has 3 heteroatoms. The highest BCUT2D eigenvalue weighted by Gasteiger charge is 2.15. The summed E-state index contributed by atoms with van der Waals surface area (Å²) in [6.07, 6.45) is 3.91. The van der Waals surface area contributed by atoms with Crippen molar-refractivity contribution in [3.8, 4) is 5.69 Å². The van der Waals surface area contributed by atoms with Crippen molar-refractivity contribution in [3.63, 3.8) is 0 Å². The monoisotopic (exact) mass is 350 g/mol. The van der Waals surface area contributed by atoms with Crippen molar-refractivity contribution < 1.29 is 0 Å². The van der Waals surface area contributed by atoms with Gasteiger partial charge in [-0.05, 0) is 35.0 Å². The molecule has 0 spiro atoms. The molecule has 3 heterocycles. The van der Waals surface area contributed by atoms with Gasteiger partial charge in [0.25, 0.3) is 0 Å². The molecular formula is C23H14N2S. The fraction of sp³-hybridized carbons (Fsp3) is 0. The number of aromatic nitrogens is 2. The number of pyridine rings is 1. The van der Waals surface area contributed by atoms with Gasteiger partial charge in [-0.1, -0.05) is 42.5 Å². The zero-order chi connectivity index (χ0) is 17.1. The van der Waals surface area contributed by atoms with Crippen LogP contribution in [0.2, 0.25) is 0 Å². The van der Waals surface area contributed by atoms with Crippen LogP contribution in [0.1, 0.15) is 0 Å². The molecule has 0 aliphatic rings. The van der Waals surface area contributed by atoms with Gasteiger partial charge in [-0.15, -0.1) is 11.3 Å². The van der Waals surface area contributed by atoms with Crippen LogP contribution >= 0.6 is 11.3 Å². The van der Waals surface area contributed by atoms with Crippen LogP contribution in [0.5, 0.6) is 0 Å². The number of hydrogen-bond acceptors (Lipinski definition) is 2. The van der Waals surface area contributed by atoms with E-state index >= 15 is 0 Å². The van der Waals surface area contributed by atoms with E-state index in [1.54, 1.807) is 11.3 Å². The third-order valence-electron chi connectivity index (χ3n) is 5.13. The summed E-state index contributed by atoms with van der Waals surface area (Å²) >= 11 is 1.80. The second-order valence-electron chi connectivity index (χ2n) is 6.56. The molecule has 2 nitrogen and oxygen atoms in total. The third-order valence-corrected chi connectivity index (χ3v) is 6.01. The number of para-hydroxylation sites is 1. The molecule has 6 aromatic rings. The lowest BCUT2D eigenvalue weighted by atomic mass is 10.1. The van der Waals surface area contributed by atoms with Crippen LogP contribution in [-0.2, 0) is 0 Å². The van der Waals surface area contributed by atoms with E-state index in [1.165, 1.54) is 37.3 Å². The molecule has 0 aliphatic heterocycles. The van der Waals surface area contributed by atoms with Crippen LogP contribution in [0.3, 0.4) is 0 Å². The molecule has 0 radical (unpaired) electrons. The fourth-order valence-corrected chi connectivity index (χ4v) is 4.77. The van der Waals surface area contributed by atoms with Gasteiger partial charge >= 0.3 is 0 Å². The van der Waals surface area contributed by atoms with Crippen LogP contribution in [-0.4, -0.2) is 9.55 Å². The van der Waals surface area contributed by atoms with Crippen LogP contribution < -0.4 is 0 Å². The molecule has 0 saturated heterocycles. The lowest BCUT2D eigenvalue weighted by molar-refractivity contribution is 1.16. The molecule has 122 valence electrons. The normalized spacial score (nSPS) is 11.8. The topological polar surface area (TPSA) is 17.8 Å². The molecule has 0 unspecified atom stereocenters. The highest BCUT2D eigenvalue weighted by Crippen LogP contribution is 2.37.